The highest BCUT2D eigenvalue weighted by Crippen LogP contribution is 2.20. The second-order valence-electron chi connectivity index (χ2n) is 3.41. The third-order valence-corrected chi connectivity index (χ3v) is 2.53. The van der Waals surface area contributed by atoms with Crippen LogP contribution in [0.1, 0.15) is 31.8 Å². The smallest absolute Gasteiger partial charge is 0.339 e. The zero-order chi connectivity index (χ0) is 12.3. The Balaban J connectivity index is 0.00000256. The monoisotopic (exact) mass is 239 g/mol. The van der Waals surface area contributed by atoms with Gasteiger partial charge in [-0.3, -0.25) is 0 Å². The largest absolute Gasteiger partial charge is 0.465 e. The van der Waals surface area contributed by atoms with Gasteiger partial charge in [0.25, 0.3) is 0 Å². The van der Waals surface area contributed by atoms with Crippen molar-refractivity contribution in [2.75, 3.05) is 14.2 Å². The Bertz CT molecular complexity index is 440. The van der Waals surface area contributed by atoms with Crippen molar-refractivity contribution in [3.63, 3.8) is 0 Å². The van der Waals surface area contributed by atoms with Crippen molar-refractivity contribution < 1.29 is 19.1 Å². The molecule has 0 radical (unpaired) electrons. The average Bonchev–Trinajstić information content (AvgIpc) is 2.30. The summed E-state index contributed by atoms with van der Waals surface area (Å²) in [4.78, 5) is 23.1. The van der Waals surface area contributed by atoms with Crippen LogP contribution in [-0.4, -0.2) is 26.2 Å². The number of hydrogen-bond acceptors (Lipinski definition) is 5. The van der Waals surface area contributed by atoms with Crippen LogP contribution in [0, 0.1) is 13.8 Å². The fourth-order valence-electron chi connectivity index (χ4n) is 1.46. The van der Waals surface area contributed by atoms with Crippen LogP contribution in [0.25, 0.3) is 0 Å². The number of carbonyl (C=O) groups excluding carboxylic acids is 2. The average molecular weight is 239 g/mol. The van der Waals surface area contributed by atoms with Crippen molar-refractivity contribution in [3.05, 3.63) is 34.4 Å². The number of esters is 2. The lowest BCUT2D eigenvalue weighted by Crippen LogP contribution is -2.14. The van der Waals surface area contributed by atoms with Gasteiger partial charge < -0.3 is 15.6 Å². The van der Waals surface area contributed by atoms with E-state index in [0.717, 1.165) is 11.1 Å². The molecule has 1 aromatic carbocycles. The molecule has 0 aliphatic carbocycles. The number of aryl methyl sites for hydroxylation is 1. The minimum absolute atomic E-state index is 0. The molecule has 5 nitrogen and oxygen atoms in total. The lowest BCUT2D eigenvalue weighted by molar-refractivity contribution is 0.0554. The van der Waals surface area contributed by atoms with Gasteiger partial charge in [-0.05, 0) is 31.0 Å². The Hall–Kier alpha value is -1.88. The topological polar surface area (TPSA) is 87.6 Å². The van der Waals surface area contributed by atoms with Gasteiger partial charge in [-0.1, -0.05) is 6.07 Å². The molecule has 3 N–H and O–H groups in total. The Kier molecular flexibility index (Phi) is 5.34. The van der Waals surface area contributed by atoms with Crippen molar-refractivity contribution in [1.82, 2.24) is 6.15 Å². The van der Waals surface area contributed by atoms with Gasteiger partial charge in [-0.2, -0.15) is 0 Å². The van der Waals surface area contributed by atoms with Gasteiger partial charge >= 0.3 is 11.9 Å². The van der Waals surface area contributed by atoms with Crippen molar-refractivity contribution in [2.45, 2.75) is 13.8 Å². The molecule has 0 spiro atoms. The van der Waals surface area contributed by atoms with Gasteiger partial charge in [0.2, 0.25) is 0 Å². The van der Waals surface area contributed by atoms with E-state index < -0.39 is 11.9 Å². The summed E-state index contributed by atoms with van der Waals surface area (Å²) in [5.74, 6) is -1.06. The first kappa shape index (κ1) is 15.1. The Morgan fingerprint density at radius 3 is 2.00 bits per heavy atom. The maximum atomic E-state index is 11.6. The summed E-state index contributed by atoms with van der Waals surface area (Å²) in [6.07, 6.45) is 0. The highest BCUT2D eigenvalue weighted by molar-refractivity contribution is 6.04. The number of hydrogen-bond donors (Lipinski definition) is 1. The van der Waals surface area contributed by atoms with E-state index in [9.17, 15) is 9.59 Å². The summed E-state index contributed by atoms with van der Waals surface area (Å²) >= 11 is 0. The molecule has 5 heteroatoms. The van der Waals surface area contributed by atoms with Crippen LogP contribution in [0.5, 0.6) is 0 Å². The minimum atomic E-state index is -0.538. The van der Waals surface area contributed by atoms with Crippen molar-refractivity contribution in [3.8, 4) is 0 Å². The molecule has 0 heterocycles. The van der Waals surface area contributed by atoms with E-state index in [2.05, 4.69) is 9.47 Å². The molecular weight excluding hydrogens is 222 g/mol. The summed E-state index contributed by atoms with van der Waals surface area (Å²) in [7, 11) is 2.56. The summed E-state index contributed by atoms with van der Waals surface area (Å²) in [5, 5.41) is 0. The molecule has 0 amide bonds. The van der Waals surface area contributed by atoms with E-state index >= 15 is 0 Å². The number of methoxy groups -OCH3 is 2. The highest BCUT2D eigenvalue weighted by Gasteiger charge is 2.21. The minimum Gasteiger partial charge on any atom is -0.465 e. The van der Waals surface area contributed by atoms with Crippen LogP contribution in [0.15, 0.2) is 12.1 Å². The van der Waals surface area contributed by atoms with Gasteiger partial charge in [0.05, 0.1) is 25.3 Å². The molecule has 1 aromatic rings. The van der Waals surface area contributed by atoms with Crippen molar-refractivity contribution >= 4 is 11.9 Å². The van der Waals surface area contributed by atoms with Crippen LogP contribution < -0.4 is 6.15 Å². The van der Waals surface area contributed by atoms with Crippen molar-refractivity contribution in [2.24, 2.45) is 0 Å². The fourth-order valence-corrected chi connectivity index (χ4v) is 1.46. The van der Waals surface area contributed by atoms with Gasteiger partial charge in [0.15, 0.2) is 0 Å². The molecule has 0 fully saturated rings. The quantitative estimate of drug-likeness (QED) is 0.798. The molecule has 0 bridgehead atoms. The Morgan fingerprint density at radius 2 is 1.53 bits per heavy atom. The second-order valence-corrected chi connectivity index (χ2v) is 3.41. The molecule has 0 saturated heterocycles. The van der Waals surface area contributed by atoms with Gasteiger partial charge in [-0.15, -0.1) is 0 Å². The Labute approximate surface area is 100 Å². The zero-order valence-corrected chi connectivity index (χ0v) is 10.5. The second kappa shape index (κ2) is 6.00. The SMILES string of the molecule is COC(=O)c1ccc(C)c(C)c1C(=O)OC.N. The normalized spacial score (nSPS) is 9.18. The lowest BCUT2D eigenvalue weighted by atomic mass is 9.97. The number of ether oxygens (including phenoxy) is 2. The standard InChI is InChI=1S/C12H14O4.H3N/c1-7-5-6-9(11(13)15-3)10(8(7)2)12(14)16-4;/h5-6H,1-4H3;1H3. The first-order valence-electron chi connectivity index (χ1n) is 4.79. The van der Waals surface area contributed by atoms with E-state index in [0.29, 0.717) is 0 Å². The molecule has 1 rings (SSSR count). The van der Waals surface area contributed by atoms with Crippen LogP contribution in [-0.2, 0) is 9.47 Å². The first-order valence-corrected chi connectivity index (χ1v) is 4.79. The van der Waals surface area contributed by atoms with E-state index in [1.165, 1.54) is 14.2 Å². The van der Waals surface area contributed by atoms with Crippen LogP contribution in [0.4, 0.5) is 0 Å². The third kappa shape index (κ3) is 2.82. The van der Waals surface area contributed by atoms with Crippen LogP contribution in [0.3, 0.4) is 0 Å². The van der Waals surface area contributed by atoms with Gasteiger partial charge in [0.1, 0.15) is 0 Å². The predicted molar refractivity (Wildman–Crippen MR) is 63.6 cm³/mol. The zero-order valence-electron chi connectivity index (χ0n) is 10.5. The first-order chi connectivity index (χ1) is 7.52. The number of benzene rings is 1. The van der Waals surface area contributed by atoms with E-state index in [4.69, 9.17) is 0 Å². The van der Waals surface area contributed by atoms with Gasteiger partial charge in [0, 0.05) is 0 Å². The van der Waals surface area contributed by atoms with Crippen LogP contribution in [0.2, 0.25) is 0 Å². The molecule has 17 heavy (non-hydrogen) atoms. The number of rotatable bonds is 2. The third-order valence-electron chi connectivity index (χ3n) is 2.53. The highest BCUT2D eigenvalue weighted by atomic mass is 16.5. The Morgan fingerprint density at radius 1 is 1.00 bits per heavy atom. The lowest BCUT2D eigenvalue weighted by Gasteiger charge is -2.11. The summed E-state index contributed by atoms with van der Waals surface area (Å²) in [6, 6.07) is 3.34. The van der Waals surface area contributed by atoms with Gasteiger partial charge in [-0.25, -0.2) is 9.59 Å². The molecule has 0 aliphatic rings. The molecule has 0 atom stereocenters. The number of carbonyl (C=O) groups is 2. The maximum Gasteiger partial charge on any atom is 0.339 e. The van der Waals surface area contributed by atoms with Crippen LogP contribution >= 0.6 is 0 Å². The summed E-state index contributed by atoms with van der Waals surface area (Å²) in [6.45, 7) is 3.64. The van der Waals surface area contributed by atoms with Crippen molar-refractivity contribution in [1.29, 1.82) is 0 Å². The van der Waals surface area contributed by atoms with E-state index in [1.807, 2.05) is 6.92 Å². The van der Waals surface area contributed by atoms with E-state index in [-0.39, 0.29) is 17.3 Å². The van der Waals surface area contributed by atoms with E-state index in [1.54, 1.807) is 19.1 Å². The predicted octanol–water partition coefficient (Wildman–Crippen LogP) is 2.04. The molecule has 94 valence electrons. The maximum absolute atomic E-state index is 11.6. The molecule has 0 saturated carbocycles. The summed E-state index contributed by atoms with van der Waals surface area (Å²) < 4.78 is 9.28. The molecule has 0 unspecified atom stereocenters. The molecule has 0 aromatic heterocycles. The fraction of sp³-hybridized carbons (Fsp3) is 0.333. The molecular formula is C12H17NO4. The summed E-state index contributed by atoms with van der Waals surface area (Å²) in [5.41, 5.74) is 2.16. The molecule has 0 aliphatic heterocycles.